The number of alkyl carbamates (subject to hydrolysis) is 2. The van der Waals surface area contributed by atoms with Gasteiger partial charge in [0.05, 0.1) is 6.10 Å². The van der Waals surface area contributed by atoms with Crippen LogP contribution in [0.1, 0.15) is 39.2 Å². The Kier molecular flexibility index (Phi) is 9.23. The van der Waals surface area contributed by atoms with Crippen molar-refractivity contribution < 1.29 is 34.1 Å². The van der Waals surface area contributed by atoms with Crippen LogP contribution in [0, 0.1) is 0 Å². The molecule has 0 aliphatic heterocycles. The van der Waals surface area contributed by atoms with Crippen molar-refractivity contribution >= 4 is 18.2 Å². The number of carboxylic acids is 1. The van der Waals surface area contributed by atoms with E-state index in [-0.39, 0.29) is 19.6 Å². The van der Waals surface area contributed by atoms with Crippen molar-refractivity contribution in [3.63, 3.8) is 0 Å². The molecule has 0 saturated heterocycles. The number of aliphatic hydroxyl groups is 1. The third-order valence-corrected chi connectivity index (χ3v) is 3.48. The first kappa shape index (κ1) is 23.2. The molecule has 1 aromatic carbocycles. The second-order valence-corrected chi connectivity index (χ2v) is 7.16. The van der Waals surface area contributed by atoms with E-state index in [9.17, 15) is 24.6 Å². The molecule has 1 aromatic rings. The second-order valence-electron chi connectivity index (χ2n) is 7.16. The summed E-state index contributed by atoms with van der Waals surface area (Å²) >= 11 is 0. The molecule has 0 saturated carbocycles. The van der Waals surface area contributed by atoms with Gasteiger partial charge in [-0.1, -0.05) is 30.3 Å². The van der Waals surface area contributed by atoms with Crippen molar-refractivity contribution in [3.8, 4) is 0 Å². The maximum atomic E-state index is 11.8. The van der Waals surface area contributed by atoms with E-state index in [1.807, 2.05) is 6.07 Å². The zero-order valence-electron chi connectivity index (χ0n) is 16.3. The van der Waals surface area contributed by atoms with E-state index in [1.165, 1.54) is 0 Å². The Morgan fingerprint density at radius 1 is 1.11 bits per heavy atom. The molecule has 9 nitrogen and oxygen atoms in total. The molecular formula is C19H28N2O7. The molecule has 156 valence electrons. The number of carbonyl (C=O) groups is 3. The summed E-state index contributed by atoms with van der Waals surface area (Å²) in [5, 5.41) is 24.0. The van der Waals surface area contributed by atoms with E-state index in [0.29, 0.717) is 6.42 Å². The van der Waals surface area contributed by atoms with Gasteiger partial charge in [0.15, 0.2) is 6.04 Å². The number of nitrogens with one attached hydrogen (secondary N) is 2. The zero-order chi connectivity index (χ0) is 21.2. The molecule has 0 heterocycles. The molecule has 2 amide bonds. The molecule has 0 aliphatic carbocycles. The molecule has 9 heteroatoms. The van der Waals surface area contributed by atoms with E-state index >= 15 is 0 Å². The highest BCUT2D eigenvalue weighted by Gasteiger charge is 2.28. The van der Waals surface area contributed by atoms with Crippen LogP contribution < -0.4 is 10.6 Å². The number of amides is 2. The molecule has 1 rings (SSSR count). The minimum atomic E-state index is -1.52. The Morgan fingerprint density at radius 2 is 1.75 bits per heavy atom. The summed E-state index contributed by atoms with van der Waals surface area (Å²) in [7, 11) is 0. The first-order chi connectivity index (χ1) is 13.1. The quantitative estimate of drug-likeness (QED) is 0.469. The summed E-state index contributed by atoms with van der Waals surface area (Å²) < 4.78 is 10.0. The van der Waals surface area contributed by atoms with Gasteiger partial charge >= 0.3 is 18.2 Å². The molecule has 0 bridgehead atoms. The molecule has 4 N–H and O–H groups in total. The average molecular weight is 396 g/mol. The van der Waals surface area contributed by atoms with Crippen molar-refractivity contribution in [2.24, 2.45) is 0 Å². The van der Waals surface area contributed by atoms with Crippen LogP contribution in [0.15, 0.2) is 30.3 Å². The normalized spacial score (nSPS) is 13.1. The predicted molar refractivity (Wildman–Crippen MR) is 101 cm³/mol. The lowest BCUT2D eigenvalue weighted by Gasteiger charge is -2.21. The predicted octanol–water partition coefficient (Wildman–Crippen LogP) is 2.03. The van der Waals surface area contributed by atoms with Gasteiger partial charge in [0.2, 0.25) is 0 Å². The lowest BCUT2D eigenvalue weighted by Crippen LogP contribution is -2.49. The Morgan fingerprint density at radius 3 is 2.32 bits per heavy atom. The van der Waals surface area contributed by atoms with Gasteiger partial charge in [-0.3, -0.25) is 0 Å². The van der Waals surface area contributed by atoms with Crippen molar-refractivity contribution in [1.82, 2.24) is 10.6 Å². The van der Waals surface area contributed by atoms with Gasteiger partial charge < -0.3 is 30.3 Å². The third kappa shape index (κ3) is 9.77. The number of aliphatic carboxylic acids is 1. The topological polar surface area (TPSA) is 134 Å². The summed E-state index contributed by atoms with van der Waals surface area (Å²) in [5.41, 5.74) is 0.125. The van der Waals surface area contributed by atoms with Crippen LogP contribution in [-0.2, 0) is 20.9 Å². The first-order valence-electron chi connectivity index (χ1n) is 8.93. The van der Waals surface area contributed by atoms with E-state index in [1.54, 1.807) is 45.0 Å². The van der Waals surface area contributed by atoms with Crippen molar-refractivity contribution in [1.29, 1.82) is 0 Å². The van der Waals surface area contributed by atoms with Gasteiger partial charge in [-0.05, 0) is 39.2 Å². The van der Waals surface area contributed by atoms with Gasteiger partial charge in [-0.15, -0.1) is 0 Å². The highest BCUT2D eigenvalue weighted by molar-refractivity contribution is 5.80. The first-order valence-corrected chi connectivity index (χ1v) is 8.93. The Bertz CT molecular complexity index is 643. The summed E-state index contributed by atoms with van der Waals surface area (Å²) in [6.45, 7) is 5.37. The highest BCUT2D eigenvalue weighted by Crippen LogP contribution is 2.08. The standard InChI is InChI=1S/C19H28N2O7/c1-19(2,3)28-17(25)20-11-7-10-14(22)15(16(23)24)21-18(26)27-12-13-8-5-4-6-9-13/h4-6,8-9,14-15,22H,7,10-12H2,1-3H3,(H,20,25)(H,21,26)(H,23,24)/t14-,15-/m0/s1. The fourth-order valence-corrected chi connectivity index (χ4v) is 2.20. The third-order valence-electron chi connectivity index (χ3n) is 3.48. The fraction of sp³-hybridized carbons (Fsp3) is 0.526. The monoisotopic (exact) mass is 396 g/mol. The molecule has 28 heavy (non-hydrogen) atoms. The number of ether oxygens (including phenoxy) is 2. The number of hydrogen-bond acceptors (Lipinski definition) is 6. The Hall–Kier alpha value is -2.81. The largest absolute Gasteiger partial charge is 0.480 e. The fourth-order valence-electron chi connectivity index (χ4n) is 2.20. The van der Waals surface area contributed by atoms with Crippen molar-refractivity contribution in [3.05, 3.63) is 35.9 Å². The molecule has 0 spiro atoms. The summed E-state index contributed by atoms with van der Waals surface area (Å²) in [6, 6.07) is 7.38. The summed E-state index contributed by atoms with van der Waals surface area (Å²) in [5.74, 6) is -1.38. The van der Waals surface area contributed by atoms with Gasteiger partial charge in [-0.25, -0.2) is 14.4 Å². The Balaban J connectivity index is 2.37. The van der Waals surface area contributed by atoms with Crippen LogP contribution in [0.3, 0.4) is 0 Å². The number of carboxylic acid groups (broad SMARTS) is 1. The lowest BCUT2D eigenvalue weighted by molar-refractivity contribution is -0.142. The number of carbonyl (C=O) groups excluding carboxylic acids is 2. The maximum Gasteiger partial charge on any atom is 0.408 e. The van der Waals surface area contributed by atoms with Gasteiger partial charge in [0.25, 0.3) is 0 Å². The van der Waals surface area contributed by atoms with E-state index in [0.717, 1.165) is 5.56 Å². The Labute approximate surface area is 164 Å². The minimum absolute atomic E-state index is 0.0189. The SMILES string of the molecule is CC(C)(C)OC(=O)NCCC[C@H](O)[C@H](NC(=O)OCc1ccccc1)C(=O)O. The smallest absolute Gasteiger partial charge is 0.408 e. The van der Waals surface area contributed by atoms with Crippen molar-refractivity contribution in [2.75, 3.05) is 6.54 Å². The highest BCUT2D eigenvalue weighted by atomic mass is 16.6. The molecule has 0 radical (unpaired) electrons. The van der Waals surface area contributed by atoms with Crippen LogP contribution in [0.5, 0.6) is 0 Å². The number of aliphatic hydroxyl groups excluding tert-OH is 1. The van der Waals surface area contributed by atoms with Crippen molar-refractivity contribution in [2.45, 2.75) is 58.0 Å². The molecular weight excluding hydrogens is 368 g/mol. The molecule has 0 fully saturated rings. The molecule has 0 unspecified atom stereocenters. The molecule has 2 atom stereocenters. The lowest BCUT2D eigenvalue weighted by atomic mass is 10.1. The van der Waals surface area contributed by atoms with E-state index < -0.39 is 35.9 Å². The van der Waals surface area contributed by atoms with E-state index in [4.69, 9.17) is 9.47 Å². The second kappa shape index (κ2) is 11.1. The maximum absolute atomic E-state index is 11.8. The number of benzene rings is 1. The summed E-state index contributed by atoms with van der Waals surface area (Å²) in [6.07, 6.45) is -2.54. The van der Waals surface area contributed by atoms with Gasteiger partial charge in [0.1, 0.15) is 12.2 Å². The van der Waals surface area contributed by atoms with Gasteiger partial charge in [0, 0.05) is 6.54 Å². The van der Waals surface area contributed by atoms with Crippen LogP contribution in [-0.4, -0.2) is 52.7 Å². The van der Waals surface area contributed by atoms with Crippen LogP contribution in [0.4, 0.5) is 9.59 Å². The van der Waals surface area contributed by atoms with Crippen LogP contribution in [0.2, 0.25) is 0 Å². The zero-order valence-corrected chi connectivity index (χ0v) is 16.3. The summed E-state index contributed by atoms with van der Waals surface area (Å²) in [4.78, 5) is 34.7. The van der Waals surface area contributed by atoms with E-state index in [2.05, 4.69) is 10.6 Å². The minimum Gasteiger partial charge on any atom is -0.480 e. The molecule has 0 aliphatic rings. The average Bonchev–Trinajstić information content (AvgIpc) is 2.60. The van der Waals surface area contributed by atoms with Crippen LogP contribution >= 0.6 is 0 Å². The number of hydrogen-bond donors (Lipinski definition) is 4. The van der Waals surface area contributed by atoms with Gasteiger partial charge in [-0.2, -0.15) is 0 Å². The number of rotatable bonds is 9. The van der Waals surface area contributed by atoms with Crippen LogP contribution in [0.25, 0.3) is 0 Å². The molecule has 0 aromatic heterocycles.